The SMILES string of the molecule is COc1cccc(Cl)c1CNC1CCCN(C(C)C)CC1. The molecule has 1 aromatic carbocycles. The van der Waals surface area contributed by atoms with Crippen LogP contribution < -0.4 is 10.1 Å². The maximum absolute atomic E-state index is 6.29. The molecule has 4 heteroatoms. The third kappa shape index (κ3) is 4.60. The van der Waals surface area contributed by atoms with E-state index in [9.17, 15) is 0 Å². The molecule has 0 radical (unpaired) electrons. The number of methoxy groups -OCH3 is 1. The largest absolute Gasteiger partial charge is 0.496 e. The Bertz CT molecular complexity index is 450. The lowest BCUT2D eigenvalue weighted by Gasteiger charge is -2.24. The standard InChI is InChI=1S/C17H27ClN2O/c1-13(2)20-10-5-6-14(9-11-20)19-12-15-16(18)7-4-8-17(15)21-3/h4,7-8,13-14,19H,5-6,9-12H2,1-3H3. The minimum absolute atomic E-state index is 0.565. The highest BCUT2D eigenvalue weighted by Gasteiger charge is 2.19. The maximum atomic E-state index is 6.29. The predicted molar refractivity (Wildman–Crippen MR) is 89.2 cm³/mol. The van der Waals surface area contributed by atoms with Crippen LogP contribution in [-0.2, 0) is 6.54 Å². The van der Waals surface area contributed by atoms with Gasteiger partial charge in [0.1, 0.15) is 5.75 Å². The molecule has 118 valence electrons. The van der Waals surface area contributed by atoms with Gasteiger partial charge in [-0.25, -0.2) is 0 Å². The minimum atomic E-state index is 0.565. The molecule has 1 heterocycles. The fourth-order valence-corrected chi connectivity index (χ4v) is 3.22. The predicted octanol–water partition coefficient (Wildman–Crippen LogP) is 3.70. The molecule has 1 aliphatic heterocycles. The number of benzene rings is 1. The molecule has 1 atom stereocenters. The van der Waals surface area contributed by atoms with E-state index in [2.05, 4.69) is 24.1 Å². The molecule has 21 heavy (non-hydrogen) atoms. The van der Waals surface area contributed by atoms with Gasteiger partial charge in [0.15, 0.2) is 0 Å². The normalized spacial score (nSPS) is 20.5. The van der Waals surface area contributed by atoms with E-state index < -0.39 is 0 Å². The highest BCUT2D eigenvalue weighted by molar-refractivity contribution is 6.31. The van der Waals surface area contributed by atoms with Gasteiger partial charge in [-0.05, 0) is 58.3 Å². The van der Waals surface area contributed by atoms with Gasteiger partial charge in [0.05, 0.1) is 7.11 Å². The van der Waals surface area contributed by atoms with Crippen LogP contribution in [0.15, 0.2) is 18.2 Å². The van der Waals surface area contributed by atoms with E-state index >= 15 is 0 Å². The third-order valence-electron chi connectivity index (χ3n) is 4.36. The number of hydrogen-bond donors (Lipinski definition) is 1. The van der Waals surface area contributed by atoms with Crippen molar-refractivity contribution in [2.75, 3.05) is 20.2 Å². The zero-order chi connectivity index (χ0) is 15.2. The number of likely N-dealkylation sites (tertiary alicyclic amines) is 1. The van der Waals surface area contributed by atoms with Crippen LogP contribution in [0, 0.1) is 0 Å². The number of nitrogens with zero attached hydrogens (tertiary/aromatic N) is 1. The summed E-state index contributed by atoms with van der Waals surface area (Å²) in [6, 6.07) is 7.03. The second-order valence-electron chi connectivity index (χ2n) is 6.06. The second kappa shape index (κ2) is 8.02. The van der Waals surface area contributed by atoms with Crippen molar-refractivity contribution in [2.24, 2.45) is 0 Å². The molecule has 0 aromatic heterocycles. The van der Waals surface area contributed by atoms with Crippen LogP contribution in [0.3, 0.4) is 0 Å². The van der Waals surface area contributed by atoms with Crippen LogP contribution in [0.25, 0.3) is 0 Å². The molecule has 0 bridgehead atoms. The summed E-state index contributed by atoms with van der Waals surface area (Å²) in [5, 5.41) is 4.44. The molecule has 0 amide bonds. The molecule has 1 aliphatic rings. The zero-order valence-corrected chi connectivity index (χ0v) is 14.1. The zero-order valence-electron chi connectivity index (χ0n) is 13.4. The smallest absolute Gasteiger partial charge is 0.124 e. The van der Waals surface area contributed by atoms with Crippen LogP contribution in [0.1, 0.15) is 38.7 Å². The first-order chi connectivity index (χ1) is 10.1. The molecular weight excluding hydrogens is 284 g/mol. The Morgan fingerprint density at radius 2 is 2.14 bits per heavy atom. The van der Waals surface area contributed by atoms with Gasteiger partial charge in [0.2, 0.25) is 0 Å². The quantitative estimate of drug-likeness (QED) is 0.897. The summed E-state index contributed by atoms with van der Waals surface area (Å²) < 4.78 is 5.41. The van der Waals surface area contributed by atoms with Crippen molar-refractivity contribution in [3.05, 3.63) is 28.8 Å². The molecule has 1 saturated heterocycles. The van der Waals surface area contributed by atoms with Crippen molar-refractivity contribution < 1.29 is 4.74 Å². The summed E-state index contributed by atoms with van der Waals surface area (Å²) in [5.74, 6) is 0.868. The number of rotatable bonds is 5. The van der Waals surface area contributed by atoms with Gasteiger partial charge in [-0.3, -0.25) is 0 Å². The van der Waals surface area contributed by atoms with E-state index in [1.54, 1.807) is 7.11 Å². The van der Waals surface area contributed by atoms with E-state index in [0.29, 0.717) is 12.1 Å². The van der Waals surface area contributed by atoms with Gasteiger partial charge in [-0.1, -0.05) is 17.7 Å². The highest BCUT2D eigenvalue weighted by Crippen LogP contribution is 2.26. The fourth-order valence-electron chi connectivity index (χ4n) is 2.99. The Kier molecular flexibility index (Phi) is 6.34. The first-order valence-electron chi connectivity index (χ1n) is 7.90. The minimum Gasteiger partial charge on any atom is -0.496 e. The van der Waals surface area contributed by atoms with E-state index in [-0.39, 0.29) is 0 Å². The summed E-state index contributed by atoms with van der Waals surface area (Å²) in [4.78, 5) is 2.57. The van der Waals surface area contributed by atoms with E-state index in [1.807, 2.05) is 18.2 Å². The van der Waals surface area contributed by atoms with Crippen LogP contribution in [0.5, 0.6) is 5.75 Å². The van der Waals surface area contributed by atoms with Crippen molar-refractivity contribution in [1.82, 2.24) is 10.2 Å². The average Bonchev–Trinajstić information content (AvgIpc) is 2.71. The van der Waals surface area contributed by atoms with Crippen molar-refractivity contribution in [1.29, 1.82) is 0 Å². The molecule has 0 saturated carbocycles. The molecule has 0 spiro atoms. The van der Waals surface area contributed by atoms with E-state index in [4.69, 9.17) is 16.3 Å². The molecule has 3 nitrogen and oxygen atoms in total. The van der Waals surface area contributed by atoms with Crippen LogP contribution in [0.2, 0.25) is 5.02 Å². The molecule has 1 aromatic rings. The summed E-state index contributed by atoms with van der Waals surface area (Å²) in [5.41, 5.74) is 1.06. The molecule has 1 fully saturated rings. The summed E-state index contributed by atoms with van der Waals surface area (Å²) in [6.07, 6.45) is 3.69. The average molecular weight is 311 g/mol. The van der Waals surface area contributed by atoms with Crippen LogP contribution >= 0.6 is 11.6 Å². The number of hydrogen-bond acceptors (Lipinski definition) is 3. The van der Waals surface area contributed by atoms with Gasteiger partial charge in [-0.2, -0.15) is 0 Å². The van der Waals surface area contributed by atoms with E-state index in [0.717, 1.165) is 22.9 Å². The first-order valence-corrected chi connectivity index (χ1v) is 8.28. The highest BCUT2D eigenvalue weighted by atomic mass is 35.5. The number of ether oxygens (including phenoxy) is 1. The lowest BCUT2D eigenvalue weighted by atomic mass is 10.1. The second-order valence-corrected chi connectivity index (χ2v) is 6.47. The Morgan fingerprint density at radius 1 is 1.33 bits per heavy atom. The summed E-state index contributed by atoms with van der Waals surface area (Å²) in [7, 11) is 1.70. The Morgan fingerprint density at radius 3 is 2.86 bits per heavy atom. The van der Waals surface area contributed by atoms with Gasteiger partial charge >= 0.3 is 0 Å². The summed E-state index contributed by atoms with van der Waals surface area (Å²) in [6.45, 7) is 7.72. The molecule has 1 N–H and O–H groups in total. The molecular formula is C17H27ClN2O. The first kappa shape index (κ1) is 16.6. The number of halogens is 1. The molecule has 0 aliphatic carbocycles. The van der Waals surface area contributed by atoms with E-state index in [1.165, 1.54) is 32.4 Å². The van der Waals surface area contributed by atoms with Gasteiger partial charge in [0, 0.05) is 29.2 Å². The van der Waals surface area contributed by atoms with Gasteiger partial charge in [-0.15, -0.1) is 0 Å². The summed E-state index contributed by atoms with van der Waals surface area (Å²) >= 11 is 6.29. The van der Waals surface area contributed by atoms with Crippen molar-refractivity contribution in [2.45, 2.75) is 51.7 Å². The lowest BCUT2D eigenvalue weighted by Crippen LogP contribution is -2.33. The van der Waals surface area contributed by atoms with Crippen LogP contribution in [-0.4, -0.2) is 37.2 Å². The van der Waals surface area contributed by atoms with Crippen molar-refractivity contribution in [3.63, 3.8) is 0 Å². The molecule has 1 unspecified atom stereocenters. The van der Waals surface area contributed by atoms with Crippen molar-refractivity contribution >= 4 is 11.6 Å². The maximum Gasteiger partial charge on any atom is 0.124 e. The molecule has 2 rings (SSSR count). The lowest BCUT2D eigenvalue weighted by molar-refractivity contribution is 0.229. The van der Waals surface area contributed by atoms with Crippen molar-refractivity contribution in [3.8, 4) is 5.75 Å². The monoisotopic (exact) mass is 310 g/mol. The topological polar surface area (TPSA) is 24.5 Å². The fraction of sp³-hybridized carbons (Fsp3) is 0.647. The Labute approximate surface area is 133 Å². The Hall–Kier alpha value is -0.770. The van der Waals surface area contributed by atoms with Gasteiger partial charge in [0.25, 0.3) is 0 Å². The number of nitrogens with one attached hydrogen (secondary N) is 1. The Balaban J connectivity index is 1.91. The third-order valence-corrected chi connectivity index (χ3v) is 4.71. The van der Waals surface area contributed by atoms with Gasteiger partial charge < -0.3 is 15.0 Å². The van der Waals surface area contributed by atoms with Crippen LogP contribution in [0.4, 0.5) is 0 Å².